The molecule has 94 valence electrons. The number of benzene rings is 1. The number of hydroxylamine groups is 2. The highest BCUT2D eigenvalue weighted by molar-refractivity contribution is 5.91. The van der Waals surface area contributed by atoms with Gasteiger partial charge in [-0.15, -0.1) is 0 Å². The Balaban J connectivity index is 2.53. The topological polar surface area (TPSA) is 67.6 Å². The molecule has 1 aromatic rings. The van der Waals surface area contributed by atoms with Crippen LogP contribution in [0.3, 0.4) is 0 Å². The van der Waals surface area contributed by atoms with E-state index in [9.17, 15) is 9.18 Å². The SMILES string of the molecule is CON(C)CCC(=O)Nc1cc(N)ccc1F. The van der Waals surface area contributed by atoms with Crippen molar-refractivity contribution in [2.45, 2.75) is 6.42 Å². The first-order valence-corrected chi connectivity index (χ1v) is 5.13. The minimum atomic E-state index is -0.507. The predicted octanol–water partition coefficient (Wildman–Crippen LogP) is 1.23. The molecule has 0 aliphatic rings. The fraction of sp³-hybridized carbons (Fsp3) is 0.364. The Labute approximate surface area is 99.3 Å². The predicted molar refractivity (Wildman–Crippen MR) is 63.7 cm³/mol. The van der Waals surface area contributed by atoms with Crippen molar-refractivity contribution < 1.29 is 14.0 Å². The Morgan fingerprint density at radius 1 is 1.59 bits per heavy atom. The third kappa shape index (κ3) is 4.38. The van der Waals surface area contributed by atoms with Crippen LogP contribution in [0.25, 0.3) is 0 Å². The van der Waals surface area contributed by atoms with Gasteiger partial charge in [0, 0.05) is 25.7 Å². The number of carbonyl (C=O) groups is 1. The lowest BCUT2D eigenvalue weighted by atomic mass is 10.2. The van der Waals surface area contributed by atoms with Gasteiger partial charge >= 0.3 is 0 Å². The normalized spacial score (nSPS) is 10.6. The quantitative estimate of drug-likeness (QED) is 0.601. The Morgan fingerprint density at radius 2 is 2.29 bits per heavy atom. The summed E-state index contributed by atoms with van der Waals surface area (Å²) in [7, 11) is 3.21. The first-order chi connectivity index (χ1) is 8.02. The van der Waals surface area contributed by atoms with Gasteiger partial charge in [0.15, 0.2) is 0 Å². The third-order valence-corrected chi connectivity index (χ3v) is 2.23. The van der Waals surface area contributed by atoms with Crippen LogP contribution in [0.5, 0.6) is 0 Å². The van der Waals surface area contributed by atoms with E-state index in [-0.39, 0.29) is 18.0 Å². The van der Waals surface area contributed by atoms with Crippen LogP contribution >= 0.6 is 0 Å². The number of nitrogen functional groups attached to an aromatic ring is 1. The van der Waals surface area contributed by atoms with Crippen LogP contribution in [0, 0.1) is 5.82 Å². The maximum absolute atomic E-state index is 13.3. The van der Waals surface area contributed by atoms with E-state index < -0.39 is 5.82 Å². The molecule has 0 radical (unpaired) electrons. The van der Waals surface area contributed by atoms with Gasteiger partial charge in [0.1, 0.15) is 5.82 Å². The zero-order valence-corrected chi connectivity index (χ0v) is 9.87. The lowest BCUT2D eigenvalue weighted by Crippen LogP contribution is -2.23. The maximum atomic E-state index is 13.3. The van der Waals surface area contributed by atoms with Gasteiger partial charge in [-0.05, 0) is 18.2 Å². The summed E-state index contributed by atoms with van der Waals surface area (Å²) in [5.41, 5.74) is 5.99. The Morgan fingerprint density at radius 3 is 2.94 bits per heavy atom. The van der Waals surface area contributed by atoms with Crippen molar-refractivity contribution in [3.8, 4) is 0 Å². The number of halogens is 1. The van der Waals surface area contributed by atoms with Crippen molar-refractivity contribution in [3.05, 3.63) is 24.0 Å². The van der Waals surface area contributed by atoms with Gasteiger partial charge in [0.05, 0.1) is 12.8 Å². The monoisotopic (exact) mass is 241 g/mol. The molecule has 1 rings (SSSR count). The number of amides is 1. The lowest BCUT2D eigenvalue weighted by Gasteiger charge is -2.13. The average molecular weight is 241 g/mol. The van der Waals surface area contributed by atoms with Crippen molar-refractivity contribution in [1.82, 2.24) is 5.06 Å². The largest absolute Gasteiger partial charge is 0.399 e. The minimum absolute atomic E-state index is 0.0927. The number of nitrogens with one attached hydrogen (secondary N) is 1. The maximum Gasteiger partial charge on any atom is 0.225 e. The molecule has 0 unspecified atom stereocenters. The number of rotatable bonds is 5. The number of hydrogen-bond acceptors (Lipinski definition) is 4. The number of carbonyl (C=O) groups excluding carboxylic acids is 1. The van der Waals surface area contributed by atoms with Gasteiger partial charge in [0.25, 0.3) is 0 Å². The molecule has 0 spiro atoms. The van der Waals surface area contributed by atoms with Gasteiger partial charge in [0.2, 0.25) is 5.91 Å². The van der Waals surface area contributed by atoms with Crippen LogP contribution in [0.15, 0.2) is 18.2 Å². The molecular weight excluding hydrogens is 225 g/mol. The van der Waals surface area contributed by atoms with E-state index in [2.05, 4.69) is 5.32 Å². The molecule has 5 nitrogen and oxygen atoms in total. The highest BCUT2D eigenvalue weighted by Gasteiger charge is 2.08. The molecule has 0 aliphatic heterocycles. The van der Waals surface area contributed by atoms with Crippen molar-refractivity contribution in [2.24, 2.45) is 0 Å². The molecule has 17 heavy (non-hydrogen) atoms. The fourth-order valence-corrected chi connectivity index (χ4v) is 1.20. The standard InChI is InChI=1S/C11H16FN3O2/c1-15(17-2)6-5-11(16)14-10-7-8(13)3-4-9(10)12/h3-4,7H,5-6,13H2,1-2H3,(H,14,16). The van der Waals surface area contributed by atoms with Crippen LogP contribution in [0.2, 0.25) is 0 Å². The first kappa shape index (κ1) is 13.4. The molecule has 6 heteroatoms. The van der Waals surface area contributed by atoms with E-state index in [0.717, 1.165) is 0 Å². The Bertz CT molecular complexity index is 398. The van der Waals surface area contributed by atoms with E-state index in [0.29, 0.717) is 12.2 Å². The molecule has 0 fully saturated rings. The minimum Gasteiger partial charge on any atom is -0.399 e. The first-order valence-electron chi connectivity index (χ1n) is 5.13. The van der Waals surface area contributed by atoms with Crippen molar-refractivity contribution >= 4 is 17.3 Å². The molecule has 1 amide bonds. The molecule has 0 aliphatic carbocycles. The zero-order valence-electron chi connectivity index (χ0n) is 9.87. The highest BCUT2D eigenvalue weighted by Crippen LogP contribution is 2.17. The Hall–Kier alpha value is -1.66. The third-order valence-electron chi connectivity index (χ3n) is 2.23. The smallest absolute Gasteiger partial charge is 0.225 e. The van der Waals surface area contributed by atoms with Crippen molar-refractivity contribution in [1.29, 1.82) is 0 Å². The highest BCUT2D eigenvalue weighted by atomic mass is 19.1. The van der Waals surface area contributed by atoms with Crippen LogP contribution in [-0.4, -0.2) is 31.7 Å². The van der Waals surface area contributed by atoms with Crippen LogP contribution in [0.1, 0.15) is 6.42 Å². The van der Waals surface area contributed by atoms with Gasteiger partial charge in [-0.3, -0.25) is 4.79 Å². The van der Waals surface area contributed by atoms with E-state index in [1.807, 2.05) is 0 Å². The number of nitrogens with two attached hydrogens (primary N) is 1. The lowest BCUT2D eigenvalue weighted by molar-refractivity contribution is -0.126. The van der Waals surface area contributed by atoms with E-state index in [1.165, 1.54) is 30.4 Å². The van der Waals surface area contributed by atoms with Gasteiger partial charge < -0.3 is 15.9 Å². The zero-order chi connectivity index (χ0) is 12.8. The van der Waals surface area contributed by atoms with Crippen LogP contribution < -0.4 is 11.1 Å². The van der Waals surface area contributed by atoms with E-state index in [4.69, 9.17) is 10.6 Å². The average Bonchev–Trinajstić information content (AvgIpc) is 2.30. The van der Waals surface area contributed by atoms with Gasteiger partial charge in [-0.2, -0.15) is 5.06 Å². The summed E-state index contributed by atoms with van der Waals surface area (Å²) in [5, 5.41) is 3.96. The molecule has 0 bridgehead atoms. The molecule has 0 saturated heterocycles. The van der Waals surface area contributed by atoms with Gasteiger partial charge in [-0.1, -0.05) is 0 Å². The molecule has 3 N–H and O–H groups in total. The van der Waals surface area contributed by atoms with Crippen LogP contribution in [-0.2, 0) is 9.63 Å². The molecular formula is C11H16FN3O2. The molecule has 0 atom stereocenters. The summed E-state index contributed by atoms with van der Waals surface area (Å²) < 4.78 is 13.3. The van der Waals surface area contributed by atoms with Gasteiger partial charge in [-0.25, -0.2) is 4.39 Å². The number of nitrogens with zero attached hydrogens (tertiary/aromatic N) is 1. The van der Waals surface area contributed by atoms with Crippen molar-refractivity contribution in [3.63, 3.8) is 0 Å². The summed E-state index contributed by atoms with van der Waals surface area (Å²) in [6, 6.07) is 4.03. The van der Waals surface area contributed by atoms with Crippen molar-refractivity contribution in [2.75, 3.05) is 31.8 Å². The number of anilines is 2. The number of hydrogen-bond donors (Lipinski definition) is 2. The summed E-state index contributed by atoms with van der Waals surface area (Å²) in [5.74, 6) is -0.800. The molecule has 0 heterocycles. The molecule has 0 aromatic heterocycles. The fourth-order valence-electron chi connectivity index (χ4n) is 1.20. The molecule has 0 saturated carbocycles. The van der Waals surface area contributed by atoms with E-state index in [1.54, 1.807) is 7.05 Å². The van der Waals surface area contributed by atoms with Crippen LogP contribution in [0.4, 0.5) is 15.8 Å². The molecule has 1 aromatic carbocycles. The second kappa shape index (κ2) is 6.17. The van der Waals surface area contributed by atoms with E-state index >= 15 is 0 Å². The second-order valence-electron chi connectivity index (χ2n) is 3.57. The second-order valence-corrected chi connectivity index (χ2v) is 3.57. The Kier molecular flexibility index (Phi) is 4.86. The summed E-state index contributed by atoms with van der Waals surface area (Å²) in [4.78, 5) is 16.3. The summed E-state index contributed by atoms with van der Waals surface area (Å²) >= 11 is 0. The summed E-state index contributed by atoms with van der Waals surface area (Å²) in [6.45, 7) is 0.423. The summed E-state index contributed by atoms with van der Waals surface area (Å²) in [6.07, 6.45) is 0.207.